The number of halogens is 1. The van der Waals surface area contributed by atoms with Crippen molar-refractivity contribution in [1.82, 2.24) is 15.1 Å². The Morgan fingerprint density at radius 2 is 1.68 bits per heavy atom. The molecule has 2 fully saturated rings. The number of anilines is 1. The lowest BCUT2D eigenvalue weighted by atomic mass is 9.86. The third-order valence-corrected chi connectivity index (χ3v) is 5.77. The van der Waals surface area contributed by atoms with Crippen LogP contribution in [0.15, 0.2) is 24.3 Å². The molecule has 1 aliphatic carbocycles. The molecule has 1 saturated heterocycles. The van der Waals surface area contributed by atoms with E-state index in [2.05, 4.69) is 27.4 Å². The molecule has 2 N–H and O–H groups in total. The molecule has 3 rings (SSSR count). The summed E-state index contributed by atoms with van der Waals surface area (Å²) in [5, 5.41) is 5.93. The molecule has 0 radical (unpaired) electrons. The smallest absolute Gasteiger partial charge is 0.238 e. The standard InChI is InChI=1S/C21H31FN4O2/c1-16-5-2-3-8-19(16)24-21(28)15-26-11-9-25(10-12-26)14-20(27)23-18-7-4-6-17(22)13-18/h4,6-7,13,16,19H,2-3,5,8-12,14-15H2,1H3,(H,23,27)(H,24,28)/t16-,19+/m1/s1. The maximum absolute atomic E-state index is 13.2. The van der Waals surface area contributed by atoms with Gasteiger partial charge in [-0.25, -0.2) is 4.39 Å². The van der Waals surface area contributed by atoms with Gasteiger partial charge < -0.3 is 10.6 Å². The lowest BCUT2D eigenvalue weighted by molar-refractivity contribution is -0.124. The first-order valence-corrected chi connectivity index (χ1v) is 10.3. The van der Waals surface area contributed by atoms with Crippen molar-refractivity contribution < 1.29 is 14.0 Å². The van der Waals surface area contributed by atoms with E-state index in [0.29, 0.717) is 24.2 Å². The molecule has 0 aromatic heterocycles. The monoisotopic (exact) mass is 390 g/mol. The van der Waals surface area contributed by atoms with Gasteiger partial charge in [0.15, 0.2) is 0 Å². The zero-order valence-corrected chi connectivity index (χ0v) is 16.6. The third kappa shape index (κ3) is 6.27. The van der Waals surface area contributed by atoms with Crippen molar-refractivity contribution in [3.8, 4) is 0 Å². The molecule has 28 heavy (non-hydrogen) atoms. The van der Waals surface area contributed by atoms with Crippen LogP contribution in [0.3, 0.4) is 0 Å². The Bertz CT molecular complexity index is 676. The molecule has 1 heterocycles. The van der Waals surface area contributed by atoms with Gasteiger partial charge in [-0.3, -0.25) is 19.4 Å². The summed E-state index contributed by atoms with van der Waals surface area (Å²) in [6, 6.07) is 6.21. The highest BCUT2D eigenvalue weighted by Crippen LogP contribution is 2.23. The number of amides is 2. The summed E-state index contributed by atoms with van der Waals surface area (Å²) < 4.78 is 13.2. The van der Waals surface area contributed by atoms with Crippen molar-refractivity contribution in [2.75, 3.05) is 44.6 Å². The number of hydrogen-bond donors (Lipinski definition) is 2. The van der Waals surface area contributed by atoms with Crippen LogP contribution < -0.4 is 10.6 Å². The molecule has 2 aliphatic rings. The number of benzene rings is 1. The minimum Gasteiger partial charge on any atom is -0.352 e. The zero-order chi connectivity index (χ0) is 19.9. The number of nitrogens with one attached hydrogen (secondary N) is 2. The van der Waals surface area contributed by atoms with Crippen molar-refractivity contribution in [2.45, 2.75) is 38.6 Å². The van der Waals surface area contributed by atoms with Crippen LogP contribution in [0.1, 0.15) is 32.6 Å². The molecular weight excluding hydrogens is 359 g/mol. The van der Waals surface area contributed by atoms with Gasteiger partial charge in [-0.1, -0.05) is 25.8 Å². The van der Waals surface area contributed by atoms with Gasteiger partial charge in [0.05, 0.1) is 13.1 Å². The fourth-order valence-corrected chi connectivity index (χ4v) is 4.06. The van der Waals surface area contributed by atoms with Crippen molar-refractivity contribution >= 4 is 17.5 Å². The van der Waals surface area contributed by atoms with Crippen LogP contribution in [-0.2, 0) is 9.59 Å². The summed E-state index contributed by atoms with van der Waals surface area (Å²) in [4.78, 5) is 28.7. The van der Waals surface area contributed by atoms with Crippen LogP contribution in [0.5, 0.6) is 0 Å². The molecule has 0 unspecified atom stereocenters. The fraction of sp³-hybridized carbons (Fsp3) is 0.619. The van der Waals surface area contributed by atoms with Crippen molar-refractivity contribution in [3.05, 3.63) is 30.1 Å². The first-order chi connectivity index (χ1) is 13.5. The van der Waals surface area contributed by atoms with E-state index in [1.807, 2.05) is 0 Å². The molecule has 1 aliphatic heterocycles. The number of carbonyl (C=O) groups is 2. The molecule has 1 saturated carbocycles. The highest BCUT2D eigenvalue weighted by atomic mass is 19.1. The molecule has 2 amide bonds. The minimum absolute atomic E-state index is 0.107. The molecule has 7 heteroatoms. The minimum atomic E-state index is -0.368. The van der Waals surface area contributed by atoms with Gasteiger partial charge in [-0.2, -0.15) is 0 Å². The molecule has 0 spiro atoms. The summed E-state index contributed by atoms with van der Waals surface area (Å²) in [5.41, 5.74) is 0.470. The second-order valence-electron chi connectivity index (χ2n) is 8.05. The fourth-order valence-electron chi connectivity index (χ4n) is 4.06. The van der Waals surface area contributed by atoms with Gasteiger partial charge >= 0.3 is 0 Å². The predicted molar refractivity (Wildman–Crippen MR) is 107 cm³/mol. The van der Waals surface area contributed by atoms with Gasteiger partial charge in [0, 0.05) is 37.9 Å². The van der Waals surface area contributed by atoms with E-state index in [1.165, 1.54) is 31.4 Å². The second kappa shape index (κ2) is 9.98. The first-order valence-electron chi connectivity index (χ1n) is 10.3. The Labute approximate surface area is 166 Å². The number of rotatable bonds is 6. The van der Waals surface area contributed by atoms with Crippen LogP contribution in [0.25, 0.3) is 0 Å². The van der Waals surface area contributed by atoms with E-state index in [9.17, 15) is 14.0 Å². The van der Waals surface area contributed by atoms with Crippen molar-refractivity contribution in [1.29, 1.82) is 0 Å². The van der Waals surface area contributed by atoms with Gasteiger partial charge in [-0.15, -0.1) is 0 Å². The molecule has 2 atom stereocenters. The zero-order valence-electron chi connectivity index (χ0n) is 16.6. The quantitative estimate of drug-likeness (QED) is 0.781. The summed E-state index contributed by atoms with van der Waals surface area (Å²) in [7, 11) is 0. The van der Waals surface area contributed by atoms with Gasteiger partial charge in [0.25, 0.3) is 0 Å². The molecule has 0 bridgehead atoms. The maximum atomic E-state index is 13.2. The van der Waals surface area contributed by atoms with Crippen molar-refractivity contribution in [2.24, 2.45) is 5.92 Å². The Morgan fingerprint density at radius 3 is 2.32 bits per heavy atom. The highest BCUT2D eigenvalue weighted by molar-refractivity contribution is 5.92. The Kier molecular flexibility index (Phi) is 7.39. The Morgan fingerprint density at radius 1 is 1.04 bits per heavy atom. The number of nitrogens with zero attached hydrogens (tertiary/aromatic N) is 2. The third-order valence-electron chi connectivity index (χ3n) is 5.77. The van der Waals surface area contributed by atoms with Gasteiger partial charge in [-0.05, 0) is 37.0 Å². The van der Waals surface area contributed by atoms with Crippen LogP contribution in [0, 0.1) is 11.7 Å². The predicted octanol–water partition coefficient (Wildman–Crippen LogP) is 2.08. The number of carbonyl (C=O) groups excluding carboxylic acids is 2. The molecular formula is C21H31FN4O2. The van der Waals surface area contributed by atoms with Crippen LogP contribution >= 0.6 is 0 Å². The summed E-state index contributed by atoms with van der Waals surface area (Å²) in [6.07, 6.45) is 4.75. The number of piperazine rings is 1. The van der Waals surface area contributed by atoms with Crippen LogP contribution in [0.4, 0.5) is 10.1 Å². The van der Waals surface area contributed by atoms with E-state index in [4.69, 9.17) is 0 Å². The van der Waals surface area contributed by atoms with Crippen LogP contribution in [-0.4, -0.2) is 66.9 Å². The lowest BCUT2D eigenvalue weighted by Crippen LogP contribution is -2.52. The normalized spacial score (nSPS) is 23.9. The summed E-state index contributed by atoms with van der Waals surface area (Å²) in [5.74, 6) is 0.151. The Balaban J connectivity index is 1.36. The first kappa shape index (κ1) is 20.7. The van der Waals surface area contributed by atoms with E-state index < -0.39 is 0 Å². The second-order valence-corrected chi connectivity index (χ2v) is 8.05. The molecule has 1 aromatic rings. The van der Waals surface area contributed by atoms with Crippen LogP contribution in [0.2, 0.25) is 0 Å². The molecule has 1 aromatic carbocycles. The molecule has 6 nitrogen and oxygen atoms in total. The maximum Gasteiger partial charge on any atom is 0.238 e. The number of hydrogen-bond acceptors (Lipinski definition) is 4. The Hall–Kier alpha value is -1.99. The van der Waals surface area contributed by atoms with E-state index >= 15 is 0 Å². The van der Waals surface area contributed by atoms with E-state index in [1.54, 1.807) is 12.1 Å². The summed E-state index contributed by atoms with van der Waals surface area (Å²) >= 11 is 0. The SMILES string of the molecule is C[C@@H]1CCCC[C@@H]1NC(=O)CN1CCN(CC(=O)Nc2cccc(F)c2)CC1. The lowest BCUT2D eigenvalue weighted by Gasteiger charge is -2.35. The average Bonchev–Trinajstić information content (AvgIpc) is 2.65. The van der Waals surface area contributed by atoms with Crippen molar-refractivity contribution in [3.63, 3.8) is 0 Å². The van der Waals surface area contributed by atoms with Gasteiger partial charge in [0.1, 0.15) is 5.82 Å². The average molecular weight is 391 g/mol. The summed E-state index contributed by atoms with van der Waals surface area (Å²) in [6.45, 7) is 5.93. The topological polar surface area (TPSA) is 64.7 Å². The highest BCUT2D eigenvalue weighted by Gasteiger charge is 2.25. The van der Waals surface area contributed by atoms with Gasteiger partial charge in [0.2, 0.25) is 11.8 Å². The van der Waals surface area contributed by atoms with E-state index in [0.717, 1.165) is 32.6 Å². The molecule has 154 valence electrons. The largest absolute Gasteiger partial charge is 0.352 e. The van der Waals surface area contributed by atoms with E-state index in [-0.39, 0.29) is 24.2 Å².